The molecule has 0 aliphatic heterocycles. The van der Waals surface area contributed by atoms with Gasteiger partial charge < -0.3 is 5.11 Å². The lowest BCUT2D eigenvalue weighted by Crippen LogP contribution is -1.87. The summed E-state index contributed by atoms with van der Waals surface area (Å²) in [6.45, 7) is 2.46. The van der Waals surface area contributed by atoms with Gasteiger partial charge in [0.15, 0.2) is 0 Å². The number of aliphatic hydroxyl groups excluding tert-OH is 1. The van der Waals surface area contributed by atoms with Crippen molar-refractivity contribution in [3.05, 3.63) is 35.9 Å². The van der Waals surface area contributed by atoms with Gasteiger partial charge in [-0.15, -0.1) is 34.8 Å². The number of aliphatic hydroxyl groups is 1. The van der Waals surface area contributed by atoms with Gasteiger partial charge in [0.25, 0.3) is 0 Å². The Labute approximate surface area is 132 Å². The van der Waals surface area contributed by atoms with Crippen LogP contribution in [0, 0.1) is 0 Å². The lowest BCUT2D eigenvalue weighted by molar-refractivity contribution is 0.288. The molecule has 0 aromatic heterocycles. The maximum atomic E-state index is 8.53. The van der Waals surface area contributed by atoms with Crippen LogP contribution in [0.25, 0.3) is 0 Å². The van der Waals surface area contributed by atoms with Crippen molar-refractivity contribution in [1.29, 1.82) is 0 Å². The SMILES string of the molecule is CCCCCCl.ClCCl.OCCCc1ccccc1. The second kappa shape index (κ2) is 20.4. The molecule has 19 heavy (non-hydrogen) atoms. The molecule has 0 heterocycles. The van der Waals surface area contributed by atoms with Crippen molar-refractivity contribution in [2.45, 2.75) is 39.0 Å². The molecule has 4 heteroatoms. The maximum absolute atomic E-state index is 8.53. The summed E-state index contributed by atoms with van der Waals surface area (Å²) in [4.78, 5) is 0. The number of alkyl halides is 3. The van der Waals surface area contributed by atoms with E-state index >= 15 is 0 Å². The van der Waals surface area contributed by atoms with Crippen LogP contribution in [0.1, 0.15) is 38.2 Å². The van der Waals surface area contributed by atoms with Gasteiger partial charge in [-0.2, -0.15) is 0 Å². The van der Waals surface area contributed by atoms with Crippen LogP contribution in [0.3, 0.4) is 0 Å². The second-order valence-electron chi connectivity index (χ2n) is 3.81. The fourth-order valence-electron chi connectivity index (χ4n) is 1.27. The first kappa shape index (κ1) is 21.4. The first-order valence-electron chi connectivity index (χ1n) is 6.59. The highest BCUT2D eigenvalue weighted by Gasteiger charge is 1.88. The zero-order chi connectivity index (χ0) is 14.8. The summed E-state index contributed by atoms with van der Waals surface area (Å²) in [6.07, 6.45) is 5.58. The zero-order valence-corrected chi connectivity index (χ0v) is 13.9. The highest BCUT2D eigenvalue weighted by atomic mass is 35.5. The van der Waals surface area contributed by atoms with Crippen molar-refractivity contribution in [2.24, 2.45) is 0 Å². The molecule has 0 atom stereocenters. The number of hydrogen-bond acceptors (Lipinski definition) is 1. The van der Waals surface area contributed by atoms with Crippen LogP contribution >= 0.6 is 34.8 Å². The Hall–Kier alpha value is 0.0500. The molecule has 0 fully saturated rings. The van der Waals surface area contributed by atoms with E-state index in [1.807, 2.05) is 18.2 Å². The maximum Gasteiger partial charge on any atom is 0.0967 e. The molecule has 0 aliphatic rings. The first-order chi connectivity index (χ1) is 9.26. The normalized spacial score (nSPS) is 8.89. The van der Waals surface area contributed by atoms with Gasteiger partial charge in [-0.25, -0.2) is 0 Å². The van der Waals surface area contributed by atoms with E-state index in [0.29, 0.717) is 0 Å². The molecular weight excluding hydrogens is 303 g/mol. The van der Waals surface area contributed by atoms with Gasteiger partial charge in [-0.3, -0.25) is 0 Å². The van der Waals surface area contributed by atoms with Crippen LogP contribution in [0.4, 0.5) is 0 Å². The van der Waals surface area contributed by atoms with Gasteiger partial charge in [0.2, 0.25) is 0 Å². The number of rotatable bonds is 6. The number of benzene rings is 1. The molecule has 0 saturated heterocycles. The van der Waals surface area contributed by atoms with Crippen LogP contribution in [-0.2, 0) is 6.42 Å². The number of unbranched alkanes of at least 4 members (excludes halogenated alkanes) is 2. The van der Waals surface area contributed by atoms with Crippen molar-refractivity contribution in [2.75, 3.05) is 17.8 Å². The predicted octanol–water partition coefficient (Wildman–Crippen LogP) is 5.45. The Morgan fingerprint density at radius 2 is 1.53 bits per heavy atom. The van der Waals surface area contributed by atoms with Crippen molar-refractivity contribution in [3.63, 3.8) is 0 Å². The monoisotopic (exact) mass is 326 g/mol. The Morgan fingerprint density at radius 1 is 0.947 bits per heavy atom. The lowest BCUT2D eigenvalue weighted by atomic mass is 10.1. The summed E-state index contributed by atoms with van der Waals surface area (Å²) >= 11 is 14.9. The fourth-order valence-corrected chi connectivity index (χ4v) is 1.46. The molecular formula is C15H25Cl3O. The third-order valence-electron chi connectivity index (χ3n) is 2.20. The third-order valence-corrected chi connectivity index (χ3v) is 2.47. The van der Waals surface area contributed by atoms with Gasteiger partial charge in [0.05, 0.1) is 5.34 Å². The molecule has 0 spiro atoms. The van der Waals surface area contributed by atoms with Gasteiger partial charge in [0.1, 0.15) is 0 Å². The highest BCUT2D eigenvalue weighted by molar-refractivity contribution is 6.40. The summed E-state index contributed by atoms with van der Waals surface area (Å²) < 4.78 is 0. The quantitative estimate of drug-likeness (QED) is 0.544. The van der Waals surface area contributed by atoms with Crippen LogP contribution in [-0.4, -0.2) is 22.9 Å². The molecule has 0 bridgehead atoms. The minimum Gasteiger partial charge on any atom is -0.396 e. The average Bonchev–Trinajstić information content (AvgIpc) is 2.45. The van der Waals surface area contributed by atoms with Crippen LogP contribution in [0.5, 0.6) is 0 Å². The number of hydrogen-bond donors (Lipinski definition) is 1. The van der Waals surface area contributed by atoms with E-state index in [1.165, 1.54) is 24.8 Å². The van der Waals surface area contributed by atoms with E-state index in [-0.39, 0.29) is 11.9 Å². The number of halogens is 3. The fraction of sp³-hybridized carbons (Fsp3) is 0.600. The van der Waals surface area contributed by atoms with Gasteiger partial charge in [0, 0.05) is 12.5 Å². The minimum absolute atomic E-state index is 0.194. The Bertz CT molecular complexity index is 238. The second-order valence-corrected chi connectivity index (χ2v) is 5.00. The van der Waals surface area contributed by atoms with Crippen molar-refractivity contribution in [3.8, 4) is 0 Å². The van der Waals surface area contributed by atoms with Crippen molar-refractivity contribution < 1.29 is 5.11 Å². The molecule has 0 radical (unpaired) electrons. The minimum atomic E-state index is 0.194. The molecule has 1 nitrogen and oxygen atoms in total. The summed E-state index contributed by atoms with van der Waals surface area (Å²) in [7, 11) is 0. The molecule has 112 valence electrons. The largest absolute Gasteiger partial charge is 0.396 e. The Balaban J connectivity index is 0. The standard InChI is InChI=1S/C9H12O.C5H11Cl.CH2Cl2/c10-8-4-7-9-5-2-1-3-6-9;1-2-3-4-5-6;2-1-3/h1-3,5-6,10H,4,7-8H2;2-5H2,1H3;1H2. The smallest absolute Gasteiger partial charge is 0.0967 e. The van der Waals surface area contributed by atoms with Gasteiger partial charge >= 0.3 is 0 Å². The van der Waals surface area contributed by atoms with E-state index in [9.17, 15) is 0 Å². The van der Waals surface area contributed by atoms with E-state index in [4.69, 9.17) is 39.9 Å². The molecule has 0 saturated carbocycles. The molecule has 1 aromatic rings. The summed E-state index contributed by atoms with van der Waals surface area (Å²) in [5, 5.41) is 8.72. The molecule has 1 N–H and O–H groups in total. The lowest BCUT2D eigenvalue weighted by Gasteiger charge is -1.96. The van der Waals surface area contributed by atoms with E-state index < -0.39 is 0 Å². The third kappa shape index (κ3) is 20.5. The van der Waals surface area contributed by atoms with Gasteiger partial charge in [-0.1, -0.05) is 50.1 Å². The summed E-state index contributed by atoms with van der Waals surface area (Å²) in [5.41, 5.74) is 1.30. The Kier molecular flexibility index (Phi) is 22.9. The molecule has 0 unspecified atom stereocenters. The van der Waals surface area contributed by atoms with Crippen molar-refractivity contribution in [1.82, 2.24) is 0 Å². The zero-order valence-electron chi connectivity index (χ0n) is 11.6. The molecule has 1 aromatic carbocycles. The van der Waals surface area contributed by atoms with Crippen LogP contribution in [0.2, 0.25) is 0 Å². The predicted molar refractivity (Wildman–Crippen MR) is 88.7 cm³/mol. The van der Waals surface area contributed by atoms with Crippen LogP contribution < -0.4 is 0 Å². The Morgan fingerprint density at radius 3 is 1.89 bits per heavy atom. The summed E-state index contributed by atoms with van der Waals surface area (Å²) in [6, 6.07) is 10.2. The number of aryl methyl sites for hydroxylation is 1. The van der Waals surface area contributed by atoms with E-state index in [0.717, 1.165) is 18.7 Å². The molecule has 0 aliphatic carbocycles. The average molecular weight is 328 g/mol. The van der Waals surface area contributed by atoms with Crippen molar-refractivity contribution >= 4 is 34.8 Å². The van der Waals surface area contributed by atoms with E-state index in [2.05, 4.69) is 19.1 Å². The van der Waals surface area contributed by atoms with Crippen LogP contribution in [0.15, 0.2) is 30.3 Å². The topological polar surface area (TPSA) is 20.2 Å². The highest BCUT2D eigenvalue weighted by Crippen LogP contribution is 2.00. The van der Waals surface area contributed by atoms with E-state index in [1.54, 1.807) is 0 Å². The molecule has 0 amide bonds. The van der Waals surface area contributed by atoms with Gasteiger partial charge in [-0.05, 0) is 24.8 Å². The summed E-state index contributed by atoms with van der Waals surface area (Å²) in [5.74, 6) is 0.827. The first-order valence-corrected chi connectivity index (χ1v) is 8.19. The molecule has 1 rings (SSSR count).